The van der Waals surface area contributed by atoms with E-state index in [2.05, 4.69) is 38.6 Å². The topological polar surface area (TPSA) is 40.5 Å². The van der Waals surface area contributed by atoms with Crippen molar-refractivity contribution in [1.29, 1.82) is 0 Å². The number of aromatic nitrogens is 1. The molecule has 0 amide bonds. The van der Waals surface area contributed by atoms with Gasteiger partial charge >= 0.3 is 0 Å². The van der Waals surface area contributed by atoms with Gasteiger partial charge in [0.15, 0.2) is 5.11 Å². The third-order valence-electron chi connectivity index (χ3n) is 4.38. The van der Waals surface area contributed by atoms with E-state index in [-0.39, 0.29) is 0 Å². The van der Waals surface area contributed by atoms with E-state index in [9.17, 15) is 0 Å². The molecule has 0 spiro atoms. The van der Waals surface area contributed by atoms with Gasteiger partial charge in [0, 0.05) is 19.3 Å². The number of thiocarbonyl (C=S) groups is 1. The van der Waals surface area contributed by atoms with Crippen LogP contribution in [0.25, 0.3) is 0 Å². The Balaban J connectivity index is 1.77. The van der Waals surface area contributed by atoms with E-state index in [4.69, 9.17) is 12.2 Å². The van der Waals surface area contributed by atoms with Crippen molar-refractivity contribution in [2.24, 2.45) is 5.10 Å². The van der Waals surface area contributed by atoms with Crippen molar-refractivity contribution in [3.8, 4) is 0 Å². The van der Waals surface area contributed by atoms with Crippen LogP contribution < -0.4 is 5.43 Å². The molecule has 0 aromatic carbocycles. The number of hydrogen-bond donors (Lipinski definition) is 1. The van der Waals surface area contributed by atoms with Crippen LogP contribution in [0.4, 0.5) is 0 Å². The zero-order valence-corrected chi connectivity index (χ0v) is 14.8. The molecule has 3 rings (SSSR count). The van der Waals surface area contributed by atoms with Crippen molar-refractivity contribution < 1.29 is 0 Å². The second-order valence-electron chi connectivity index (χ2n) is 6.15. The molecule has 0 radical (unpaired) electrons. The molecule has 1 N–H and O–H groups in total. The van der Waals surface area contributed by atoms with Crippen LogP contribution >= 0.6 is 12.2 Å². The Hall–Kier alpha value is -2.01. The van der Waals surface area contributed by atoms with Gasteiger partial charge in [0.2, 0.25) is 0 Å². The van der Waals surface area contributed by atoms with Gasteiger partial charge in [-0.2, -0.15) is 5.10 Å². The first-order valence-corrected chi connectivity index (χ1v) is 9.15. The van der Waals surface area contributed by atoms with Gasteiger partial charge < -0.3 is 4.90 Å². The van der Waals surface area contributed by atoms with Crippen LogP contribution in [0.15, 0.2) is 53.3 Å². The van der Waals surface area contributed by atoms with E-state index < -0.39 is 0 Å². The summed E-state index contributed by atoms with van der Waals surface area (Å²) < 4.78 is 0. The summed E-state index contributed by atoms with van der Waals surface area (Å²) in [4.78, 5) is 6.70. The average molecular weight is 340 g/mol. The van der Waals surface area contributed by atoms with Gasteiger partial charge in [0.1, 0.15) is 5.71 Å². The lowest BCUT2D eigenvalue weighted by Crippen LogP contribution is -2.38. The van der Waals surface area contributed by atoms with E-state index in [1.807, 2.05) is 18.2 Å². The smallest absolute Gasteiger partial charge is 0.189 e. The van der Waals surface area contributed by atoms with Crippen molar-refractivity contribution in [2.75, 3.05) is 13.1 Å². The molecule has 1 fully saturated rings. The summed E-state index contributed by atoms with van der Waals surface area (Å²) in [5.74, 6) is 0. The van der Waals surface area contributed by atoms with E-state index in [0.29, 0.717) is 0 Å². The minimum Gasteiger partial charge on any atom is -0.348 e. The first kappa shape index (κ1) is 16.8. The number of nitrogens with zero attached hydrogens (tertiary/aromatic N) is 3. The van der Waals surface area contributed by atoms with Crippen molar-refractivity contribution in [3.63, 3.8) is 0 Å². The molecule has 2 heterocycles. The van der Waals surface area contributed by atoms with E-state index in [1.165, 1.54) is 31.3 Å². The summed E-state index contributed by atoms with van der Waals surface area (Å²) in [6.45, 7) is 2.04. The number of likely N-dealkylation sites (tertiary alicyclic amines) is 1. The molecule has 0 atom stereocenters. The highest BCUT2D eigenvalue weighted by Crippen LogP contribution is 2.17. The van der Waals surface area contributed by atoms with E-state index >= 15 is 0 Å². The molecular formula is C19H24N4S. The summed E-state index contributed by atoms with van der Waals surface area (Å²) in [5.41, 5.74) is 6.08. The van der Waals surface area contributed by atoms with Crippen LogP contribution in [0.3, 0.4) is 0 Å². The Morgan fingerprint density at radius 3 is 2.67 bits per heavy atom. The second kappa shape index (κ2) is 8.73. The van der Waals surface area contributed by atoms with Crippen molar-refractivity contribution in [3.05, 3.63) is 53.9 Å². The molecule has 24 heavy (non-hydrogen) atoms. The van der Waals surface area contributed by atoms with Crippen molar-refractivity contribution in [1.82, 2.24) is 15.3 Å². The molecule has 0 unspecified atom stereocenters. The summed E-state index contributed by atoms with van der Waals surface area (Å²) in [5, 5.41) is 5.36. The maximum atomic E-state index is 5.56. The molecule has 1 aromatic heterocycles. The van der Waals surface area contributed by atoms with E-state index in [1.54, 1.807) is 6.20 Å². The fourth-order valence-corrected chi connectivity index (χ4v) is 3.27. The van der Waals surface area contributed by atoms with Crippen LogP contribution in [0.1, 0.15) is 44.2 Å². The van der Waals surface area contributed by atoms with Crippen LogP contribution in [0.2, 0.25) is 0 Å². The average Bonchev–Trinajstić information content (AvgIpc) is 2.93. The standard InChI is InChI=1S/C19H24N4S/c24-19(23-14-8-1-2-9-15-23)22-21-18(16-10-4-3-5-11-16)17-12-6-7-13-20-17/h3-4,6-7,10,12-13H,1-2,5,8-9,11,14-15H2,(H,22,24)/b21-18-. The lowest BCUT2D eigenvalue weighted by Gasteiger charge is -2.22. The Morgan fingerprint density at radius 1 is 1.17 bits per heavy atom. The first-order valence-electron chi connectivity index (χ1n) is 8.75. The van der Waals surface area contributed by atoms with Crippen LogP contribution in [0.5, 0.6) is 0 Å². The van der Waals surface area contributed by atoms with Gasteiger partial charge in [0.25, 0.3) is 0 Å². The molecule has 5 heteroatoms. The number of hydrogen-bond acceptors (Lipinski definition) is 3. The third-order valence-corrected chi connectivity index (χ3v) is 4.73. The Bertz CT molecular complexity index is 641. The number of rotatable bonds is 3. The molecule has 0 bridgehead atoms. The highest BCUT2D eigenvalue weighted by molar-refractivity contribution is 7.80. The minimum absolute atomic E-state index is 0.720. The van der Waals surface area contributed by atoms with Gasteiger partial charge in [-0.05, 0) is 55.6 Å². The van der Waals surface area contributed by atoms with Gasteiger partial charge in [-0.3, -0.25) is 10.4 Å². The molecule has 4 nitrogen and oxygen atoms in total. The quantitative estimate of drug-likeness (QED) is 0.516. The molecule has 126 valence electrons. The second-order valence-corrected chi connectivity index (χ2v) is 6.54. The number of allylic oxidation sites excluding steroid dienone is 4. The SMILES string of the molecule is S=C(N/N=C(/C1=CC=CCC1)c1ccccn1)N1CCCCCC1. The van der Waals surface area contributed by atoms with Crippen molar-refractivity contribution in [2.45, 2.75) is 38.5 Å². The highest BCUT2D eigenvalue weighted by Gasteiger charge is 2.15. The largest absolute Gasteiger partial charge is 0.348 e. The molecule has 0 saturated carbocycles. The van der Waals surface area contributed by atoms with Gasteiger partial charge in [-0.25, -0.2) is 0 Å². The fourth-order valence-electron chi connectivity index (χ4n) is 3.04. The Labute approximate surface area is 149 Å². The Morgan fingerprint density at radius 2 is 2.00 bits per heavy atom. The van der Waals surface area contributed by atoms with E-state index in [0.717, 1.165) is 42.4 Å². The molecule has 2 aliphatic rings. The van der Waals surface area contributed by atoms with Crippen LogP contribution in [0, 0.1) is 0 Å². The zero-order valence-electron chi connectivity index (χ0n) is 13.9. The maximum absolute atomic E-state index is 5.56. The number of nitrogens with one attached hydrogen (secondary N) is 1. The molecule has 1 aliphatic heterocycles. The van der Waals surface area contributed by atoms with Gasteiger partial charge in [-0.15, -0.1) is 0 Å². The Kier molecular flexibility index (Phi) is 6.13. The predicted molar refractivity (Wildman–Crippen MR) is 103 cm³/mol. The molecular weight excluding hydrogens is 316 g/mol. The highest BCUT2D eigenvalue weighted by atomic mass is 32.1. The fraction of sp³-hybridized carbons (Fsp3) is 0.421. The van der Waals surface area contributed by atoms with Crippen molar-refractivity contribution >= 4 is 23.0 Å². The first-order chi connectivity index (χ1) is 11.8. The van der Waals surface area contributed by atoms with Gasteiger partial charge in [-0.1, -0.05) is 37.1 Å². The third kappa shape index (κ3) is 4.51. The van der Waals surface area contributed by atoms with Gasteiger partial charge in [0.05, 0.1) is 5.69 Å². The minimum atomic E-state index is 0.720. The number of hydrazone groups is 1. The van der Waals surface area contributed by atoms with Crippen LogP contribution in [-0.4, -0.2) is 33.8 Å². The van der Waals surface area contributed by atoms with Crippen LogP contribution in [-0.2, 0) is 0 Å². The monoisotopic (exact) mass is 340 g/mol. The lowest BCUT2D eigenvalue weighted by atomic mass is 9.98. The molecule has 1 aliphatic carbocycles. The maximum Gasteiger partial charge on any atom is 0.189 e. The zero-order chi connectivity index (χ0) is 16.6. The summed E-state index contributed by atoms with van der Waals surface area (Å²) in [6.07, 6.45) is 15.2. The summed E-state index contributed by atoms with van der Waals surface area (Å²) in [6, 6.07) is 5.91. The molecule has 1 saturated heterocycles. The summed E-state index contributed by atoms with van der Waals surface area (Å²) >= 11 is 5.56. The molecule has 1 aromatic rings. The number of pyridine rings is 1. The predicted octanol–water partition coefficient (Wildman–Crippen LogP) is 3.81. The summed E-state index contributed by atoms with van der Waals surface area (Å²) in [7, 11) is 0. The normalized spacial score (nSPS) is 18.8. The lowest BCUT2D eigenvalue weighted by molar-refractivity contribution is 0.428.